The first kappa shape index (κ1) is 13.7. The number of fused-ring (bicyclic) bond motifs is 1. The van der Waals surface area contributed by atoms with E-state index in [0.717, 1.165) is 39.9 Å². The topological polar surface area (TPSA) is 9.23 Å². The molecule has 0 saturated heterocycles. The molecule has 0 atom stereocenters. The smallest absolute Gasteiger partial charge is 0.127 e. The second-order valence-electron chi connectivity index (χ2n) is 4.19. The highest BCUT2D eigenvalue weighted by atomic mass is 79.9. The van der Waals surface area contributed by atoms with Gasteiger partial charge in [-0.05, 0) is 31.4 Å². The van der Waals surface area contributed by atoms with Crippen molar-refractivity contribution < 1.29 is 4.74 Å². The zero-order valence-electron chi connectivity index (χ0n) is 10.2. The van der Waals surface area contributed by atoms with E-state index in [4.69, 9.17) is 16.3 Å². The Morgan fingerprint density at radius 3 is 2.50 bits per heavy atom. The summed E-state index contributed by atoms with van der Waals surface area (Å²) in [6, 6.07) is 11.9. The summed E-state index contributed by atoms with van der Waals surface area (Å²) in [5.41, 5.74) is 0. The summed E-state index contributed by atoms with van der Waals surface area (Å²) in [4.78, 5) is 0. The maximum atomic E-state index is 6.17. The van der Waals surface area contributed by atoms with Gasteiger partial charge in [-0.1, -0.05) is 51.8 Å². The number of unbranched alkanes of at least 4 members (excludes halogenated alkanes) is 2. The third-order valence-corrected chi connectivity index (χ3v) is 3.76. The van der Waals surface area contributed by atoms with Crippen LogP contribution in [0.3, 0.4) is 0 Å². The van der Waals surface area contributed by atoms with Crippen molar-refractivity contribution in [3.8, 4) is 5.75 Å². The first-order chi connectivity index (χ1) is 8.83. The third kappa shape index (κ3) is 3.39. The van der Waals surface area contributed by atoms with Gasteiger partial charge in [0.05, 0.1) is 6.61 Å². The maximum Gasteiger partial charge on any atom is 0.127 e. The Kier molecular flexibility index (Phi) is 5.33. The summed E-state index contributed by atoms with van der Waals surface area (Å²) in [5, 5.41) is 3.98. The van der Waals surface area contributed by atoms with Gasteiger partial charge in [-0.25, -0.2) is 0 Å². The fraction of sp³-hybridized carbons (Fsp3) is 0.333. The molecular weight excluding hydrogens is 312 g/mol. The van der Waals surface area contributed by atoms with Crippen molar-refractivity contribution in [2.45, 2.75) is 19.3 Å². The Bertz CT molecular complexity index is 513. The summed E-state index contributed by atoms with van der Waals surface area (Å²) in [6.07, 6.45) is 3.48. The molecule has 1 nitrogen and oxygen atoms in total. The zero-order chi connectivity index (χ0) is 12.8. The molecule has 2 aromatic rings. The molecular formula is C15H16BrClO. The zero-order valence-corrected chi connectivity index (χ0v) is 12.5. The van der Waals surface area contributed by atoms with Gasteiger partial charge in [-0.3, -0.25) is 0 Å². The second-order valence-corrected chi connectivity index (χ2v) is 5.39. The largest absolute Gasteiger partial charge is 0.493 e. The quantitative estimate of drug-likeness (QED) is 0.507. The fourth-order valence-corrected chi connectivity index (χ4v) is 2.54. The first-order valence-corrected chi connectivity index (χ1v) is 7.69. The van der Waals surface area contributed by atoms with Gasteiger partial charge in [0.2, 0.25) is 0 Å². The predicted molar refractivity (Wildman–Crippen MR) is 82.1 cm³/mol. The van der Waals surface area contributed by atoms with Crippen LogP contribution in [0.5, 0.6) is 5.75 Å². The average Bonchev–Trinajstić information content (AvgIpc) is 2.41. The van der Waals surface area contributed by atoms with Crippen LogP contribution in [0.1, 0.15) is 19.3 Å². The van der Waals surface area contributed by atoms with Crippen LogP contribution in [0.25, 0.3) is 10.8 Å². The average molecular weight is 328 g/mol. The highest BCUT2D eigenvalue weighted by molar-refractivity contribution is 9.09. The minimum absolute atomic E-state index is 0.763. The van der Waals surface area contributed by atoms with Crippen molar-refractivity contribution in [3.05, 3.63) is 41.4 Å². The molecule has 0 aromatic heterocycles. The highest BCUT2D eigenvalue weighted by Gasteiger charge is 2.04. The molecule has 0 aliphatic rings. The number of alkyl halides is 1. The van der Waals surface area contributed by atoms with E-state index in [1.165, 1.54) is 12.8 Å². The van der Waals surface area contributed by atoms with Crippen LogP contribution in [-0.2, 0) is 0 Å². The van der Waals surface area contributed by atoms with Crippen LogP contribution < -0.4 is 4.74 Å². The summed E-state index contributed by atoms with van der Waals surface area (Å²) in [7, 11) is 0. The fourth-order valence-electron chi connectivity index (χ4n) is 1.92. The Morgan fingerprint density at radius 2 is 1.72 bits per heavy atom. The molecule has 0 bridgehead atoms. The number of benzene rings is 2. The monoisotopic (exact) mass is 326 g/mol. The van der Waals surface area contributed by atoms with E-state index in [9.17, 15) is 0 Å². The Labute approximate surface area is 121 Å². The molecule has 0 unspecified atom stereocenters. The van der Waals surface area contributed by atoms with Crippen molar-refractivity contribution in [3.63, 3.8) is 0 Å². The molecule has 18 heavy (non-hydrogen) atoms. The van der Waals surface area contributed by atoms with Crippen molar-refractivity contribution in [1.82, 2.24) is 0 Å². The Morgan fingerprint density at radius 1 is 0.944 bits per heavy atom. The van der Waals surface area contributed by atoms with E-state index in [2.05, 4.69) is 22.0 Å². The molecule has 0 radical (unpaired) electrons. The molecule has 0 saturated carbocycles. The molecule has 0 aliphatic carbocycles. The lowest BCUT2D eigenvalue weighted by atomic mass is 10.1. The molecule has 2 aromatic carbocycles. The Balaban J connectivity index is 2.07. The summed E-state index contributed by atoms with van der Waals surface area (Å²) >= 11 is 9.60. The highest BCUT2D eigenvalue weighted by Crippen LogP contribution is 2.31. The molecule has 0 amide bonds. The second kappa shape index (κ2) is 7.01. The molecule has 96 valence electrons. The number of rotatable bonds is 6. The van der Waals surface area contributed by atoms with Crippen molar-refractivity contribution in [2.24, 2.45) is 0 Å². The van der Waals surface area contributed by atoms with Crippen molar-refractivity contribution in [2.75, 3.05) is 11.9 Å². The van der Waals surface area contributed by atoms with Gasteiger partial charge in [0.1, 0.15) is 5.75 Å². The molecule has 0 heterocycles. The van der Waals surface area contributed by atoms with Crippen LogP contribution in [-0.4, -0.2) is 11.9 Å². The number of hydrogen-bond donors (Lipinski definition) is 0. The minimum Gasteiger partial charge on any atom is -0.493 e. The van der Waals surface area contributed by atoms with Crippen LogP contribution in [0.2, 0.25) is 5.02 Å². The lowest BCUT2D eigenvalue weighted by molar-refractivity contribution is 0.310. The third-order valence-electron chi connectivity index (χ3n) is 2.87. The van der Waals surface area contributed by atoms with Gasteiger partial charge in [0, 0.05) is 21.1 Å². The van der Waals surface area contributed by atoms with Gasteiger partial charge in [0.25, 0.3) is 0 Å². The van der Waals surface area contributed by atoms with Crippen molar-refractivity contribution >= 4 is 38.3 Å². The van der Waals surface area contributed by atoms with E-state index in [-0.39, 0.29) is 0 Å². The molecule has 0 aliphatic heterocycles. The first-order valence-electron chi connectivity index (χ1n) is 6.19. The SMILES string of the molecule is Clc1ccc(OCCCCCBr)c2ccccc12. The molecule has 3 heteroatoms. The minimum atomic E-state index is 0.763. The summed E-state index contributed by atoms with van der Waals surface area (Å²) in [6.45, 7) is 0.763. The van der Waals surface area contributed by atoms with E-state index >= 15 is 0 Å². The summed E-state index contributed by atoms with van der Waals surface area (Å²) in [5.74, 6) is 0.925. The van der Waals surface area contributed by atoms with E-state index in [0.29, 0.717) is 0 Å². The molecule has 0 N–H and O–H groups in total. The van der Waals surface area contributed by atoms with Gasteiger partial charge < -0.3 is 4.74 Å². The van der Waals surface area contributed by atoms with E-state index in [1.54, 1.807) is 0 Å². The summed E-state index contributed by atoms with van der Waals surface area (Å²) < 4.78 is 5.85. The van der Waals surface area contributed by atoms with Crippen LogP contribution in [0.15, 0.2) is 36.4 Å². The van der Waals surface area contributed by atoms with E-state index in [1.807, 2.05) is 30.3 Å². The molecule has 2 rings (SSSR count). The van der Waals surface area contributed by atoms with Gasteiger partial charge >= 0.3 is 0 Å². The van der Waals surface area contributed by atoms with Gasteiger partial charge in [0.15, 0.2) is 0 Å². The van der Waals surface area contributed by atoms with E-state index < -0.39 is 0 Å². The normalized spacial score (nSPS) is 10.8. The van der Waals surface area contributed by atoms with Crippen molar-refractivity contribution in [1.29, 1.82) is 0 Å². The number of ether oxygens (including phenoxy) is 1. The number of hydrogen-bond acceptors (Lipinski definition) is 1. The van der Waals surface area contributed by atoms with Gasteiger partial charge in [-0.2, -0.15) is 0 Å². The predicted octanol–water partition coefficient (Wildman–Crippen LogP) is 5.44. The molecule has 0 spiro atoms. The molecule has 0 fully saturated rings. The Hall–Kier alpha value is -0.730. The maximum absolute atomic E-state index is 6.17. The van der Waals surface area contributed by atoms with Gasteiger partial charge in [-0.15, -0.1) is 0 Å². The standard InChI is InChI=1S/C15H16BrClO/c16-10-4-1-5-11-18-15-9-8-14(17)12-6-2-3-7-13(12)15/h2-3,6-9H,1,4-5,10-11H2. The van der Waals surface area contributed by atoms with Crippen LogP contribution in [0, 0.1) is 0 Å². The van der Waals surface area contributed by atoms with Crippen LogP contribution in [0.4, 0.5) is 0 Å². The lowest BCUT2D eigenvalue weighted by Gasteiger charge is -2.10. The lowest BCUT2D eigenvalue weighted by Crippen LogP contribution is -1.98. The number of halogens is 2. The van der Waals surface area contributed by atoms with Crippen LogP contribution >= 0.6 is 27.5 Å².